The van der Waals surface area contributed by atoms with Crippen molar-refractivity contribution in [2.75, 3.05) is 18.4 Å². The first-order valence-corrected chi connectivity index (χ1v) is 6.67. The molecule has 0 saturated carbocycles. The molecular weight excluding hydrogens is 248 g/mol. The number of piperidine rings is 1. The van der Waals surface area contributed by atoms with Crippen molar-refractivity contribution in [3.05, 3.63) is 28.8 Å². The van der Waals surface area contributed by atoms with Gasteiger partial charge in [0.25, 0.3) is 0 Å². The molecule has 1 aliphatic heterocycles. The van der Waals surface area contributed by atoms with Gasteiger partial charge in [-0.05, 0) is 50.9 Å². The quantitative estimate of drug-likeness (QED) is 0.864. The summed E-state index contributed by atoms with van der Waals surface area (Å²) < 4.78 is 0. The van der Waals surface area contributed by atoms with Crippen molar-refractivity contribution in [3.63, 3.8) is 0 Å². The standard InChI is InChI=1S/C14H19ClN2O/c1-10-4-5-12(11(15)8-10)17-13(18)14(2)6-3-7-16-9-14/h4-5,8,16H,3,6-7,9H2,1-2H3,(H,17,18). The highest BCUT2D eigenvalue weighted by molar-refractivity contribution is 6.33. The zero-order valence-corrected chi connectivity index (χ0v) is 11.6. The molecule has 0 aliphatic carbocycles. The molecule has 0 spiro atoms. The minimum atomic E-state index is -0.341. The summed E-state index contributed by atoms with van der Waals surface area (Å²) in [6.07, 6.45) is 1.95. The largest absolute Gasteiger partial charge is 0.324 e. The van der Waals surface area contributed by atoms with E-state index in [0.29, 0.717) is 10.7 Å². The van der Waals surface area contributed by atoms with E-state index in [1.165, 1.54) is 0 Å². The highest BCUT2D eigenvalue weighted by Crippen LogP contribution is 2.29. The molecule has 0 aromatic heterocycles. The maximum absolute atomic E-state index is 12.3. The molecule has 1 aromatic carbocycles. The second-order valence-electron chi connectivity index (χ2n) is 5.28. The van der Waals surface area contributed by atoms with Crippen LogP contribution in [0.4, 0.5) is 5.69 Å². The smallest absolute Gasteiger partial charge is 0.231 e. The number of hydrogen-bond acceptors (Lipinski definition) is 2. The van der Waals surface area contributed by atoms with Crippen molar-refractivity contribution >= 4 is 23.2 Å². The number of rotatable bonds is 2. The topological polar surface area (TPSA) is 41.1 Å². The van der Waals surface area contributed by atoms with Gasteiger partial charge in [-0.15, -0.1) is 0 Å². The van der Waals surface area contributed by atoms with E-state index < -0.39 is 0 Å². The number of benzene rings is 1. The first-order valence-electron chi connectivity index (χ1n) is 6.30. The third-order valence-corrected chi connectivity index (χ3v) is 3.83. The highest BCUT2D eigenvalue weighted by atomic mass is 35.5. The molecule has 2 N–H and O–H groups in total. The van der Waals surface area contributed by atoms with E-state index in [4.69, 9.17) is 11.6 Å². The van der Waals surface area contributed by atoms with Gasteiger partial charge in [-0.1, -0.05) is 17.7 Å². The Morgan fingerprint density at radius 1 is 1.50 bits per heavy atom. The Labute approximate surface area is 113 Å². The Hall–Kier alpha value is -1.06. The summed E-state index contributed by atoms with van der Waals surface area (Å²) in [6, 6.07) is 5.66. The van der Waals surface area contributed by atoms with Crippen molar-refractivity contribution in [1.82, 2.24) is 5.32 Å². The van der Waals surface area contributed by atoms with E-state index >= 15 is 0 Å². The zero-order chi connectivity index (χ0) is 13.2. The average molecular weight is 267 g/mol. The minimum Gasteiger partial charge on any atom is -0.324 e. The highest BCUT2D eigenvalue weighted by Gasteiger charge is 2.34. The third kappa shape index (κ3) is 2.85. The maximum Gasteiger partial charge on any atom is 0.231 e. The molecule has 4 heteroatoms. The fourth-order valence-electron chi connectivity index (χ4n) is 2.24. The number of carbonyl (C=O) groups excluding carboxylic acids is 1. The lowest BCUT2D eigenvalue weighted by Crippen LogP contribution is -2.46. The van der Waals surface area contributed by atoms with Gasteiger partial charge < -0.3 is 10.6 Å². The van der Waals surface area contributed by atoms with Gasteiger partial charge >= 0.3 is 0 Å². The molecule has 1 saturated heterocycles. The monoisotopic (exact) mass is 266 g/mol. The predicted molar refractivity (Wildman–Crippen MR) is 75.0 cm³/mol. The van der Waals surface area contributed by atoms with Crippen LogP contribution in [0.3, 0.4) is 0 Å². The summed E-state index contributed by atoms with van der Waals surface area (Å²) in [4.78, 5) is 12.3. The van der Waals surface area contributed by atoms with Crippen LogP contribution >= 0.6 is 11.6 Å². The van der Waals surface area contributed by atoms with E-state index in [9.17, 15) is 4.79 Å². The van der Waals surface area contributed by atoms with Crippen molar-refractivity contribution in [2.24, 2.45) is 5.41 Å². The van der Waals surface area contributed by atoms with Gasteiger partial charge in [-0.3, -0.25) is 4.79 Å². The number of anilines is 1. The van der Waals surface area contributed by atoms with Gasteiger partial charge in [0.2, 0.25) is 5.91 Å². The Balaban J connectivity index is 2.11. The molecule has 1 fully saturated rings. The van der Waals surface area contributed by atoms with Crippen LogP contribution in [0.25, 0.3) is 0 Å². The van der Waals surface area contributed by atoms with Crippen LogP contribution in [-0.4, -0.2) is 19.0 Å². The van der Waals surface area contributed by atoms with E-state index in [1.807, 2.05) is 32.0 Å². The van der Waals surface area contributed by atoms with E-state index in [2.05, 4.69) is 10.6 Å². The van der Waals surface area contributed by atoms with Crippen molar-refractivity contribution < 1.29 is 4.79 Å². The fraction of sp³-hybridized carbons (Fsp3) is 0.500. The van der Waals surface area contributed by atoms with Crippen molar-refractivity contribution in [2.45, 2.75) is 26.7 Å². The van der Waals surface area contributed by atoms with Gasteiger partial charge in [-0.2, -0.15) is 0 Å². The molecule has 98 valence electrons. The van der Waals surface area contributed by atoms with E-state index in [1.54, 1.807) is 0 Å². The molecule has 1 amide bonds. The second kappa shape index (κ2) is 5.29. The lowest BCUT2D eigenvalue weighted by atomic mass is 9.82. The second-order valence-corrected chi connectivity index (χ2v) is 5.69. The minimum absolute atomic E-state index is 0.0421. The average Bonchev–Trinajstić information content (AvgIpc) is 2.33. The molecule has 18 heavy (non-hydrogen) atoms. The summed E-state index contributed by atoms with van der Waals surface area (Å²) >= 11 is 6.13. The number of halogens is 1. The van der Waals surface area contributed by atoms with Crippen LogP contribution in [0.2, 0.25) is 5.02 Å². The molecule has 1 aliphatic rings. The Bertz CT molecular complexity index is 453. The van der Waals surface area contributed by atoms with Crippen LogP contribution in [0, 0.1) is 12.3 Å². The molecule has 3 nitrogen and oxygen atoms in total. The van der Waals surface area contributed by atoms with E-state index in [-0.39, 0.29) is 11.3 Å². The first-order chi connectivity index (χ1) is 8.51. The molecule has 1 atom stereocenters. The SMILES string of the molecule is Cc1ccc(NC(=O)C2(C)CCCNC2)c(Cl)c1. The summed E-state index contributed by atoms with van der Waals surface area (Å²) in [5, 5.41) is 6.80. The number of carbonyl (C=O) groups is 1. The summed E-state index contributed by atoms with van der Waals surface area (Å²) in [7, 11) is 0. The van der Waals surface area contributed by atoms with Crippen LogP contribution in [-0.2, 0) is 4.79 Å². The molecule has 0 radical (unpaired) electrons. The Morgan fingerprint density at radius 2 is 2.28 bits per heavy atom. The summed E-state index contributed by atoms with van der Waals surface area (Å²) in [5.41, 5.74) is 1.44. The van der Waals surface area contributed by atoms with Crippen LogP contribution in [0.1, 0.15) is 25.3 Å². The molecule has 2 rings (SSSR count). The summed E-state index contributed by atoms with van der Waals surface area (Å²) in [5.74, 6) is 0.0421. The molecule has 1 unspecified atom stereocenters. The molecule has 1 aromatic rings. The van der Waals surface area contributed by atoms with Crippen LogP contribution in [0.5, 0.6) is 0 Å². The van der Waals surface area contributed by atoms with Gasteiger partial charge in [0.05, 0.1) is 16.1 Å². The van der Waals surface area contributed by atoms with Crippen LogP contribution < -0.4 is 10.6 Å². The lowest BCUT2D eigenvalue weighted by molar-refractivity contribution is -0.125. The molecule has 1 heterocycles. The first kappa shape index (κ1) is 13.4. The lowest BCUT2D eigenvalue weighted by Gasteiger charge is -2.32. The van der Waals surface area contributed by atoms with E-state index in [0.717, 1.165) is 31.5 Å². The van der Waals surface area contributed by atoms with Gasteiger partial charge in [0, 0.05) is 6.54 Å². The van der Waals surface area contributed by atoms with Crippen LogP contribution in [0.15, 0.2) is 18.2 Å². The Kier molecular flexibility index (Phi) is 3.93. The fourth-order valence-corrected chi connectivity index (χ4v) is 2.53. The normalized spacial score (nSPS) is 23.7. The zero-order valence-electron chi connectivity index (χ0n) is 10.8. The van der Waals surface area contributed by atoms with Gasteiger partial charge in [-0.25, -0.2) is 0 Å². The predicted octanol–water partition coefficient (Wildman–Crippen LogP) is 2.98. The van der Waals surface area contributed by atoms with Gasteiger partial charge in [0.1, 0.15) is 0 Å². The Morgan fingerprint density at radius 3 is 2.89 bits per heavy atom. The van der Waals surface area contributed by atoms with Crippen molar-refractivity contribution in [3.8, 4) is 0 Å². The number of nitrogens with one attached hydrogen (secondary N) is 2. The van der Waals surface area contributed by atoms with Crippen molar-refractivity contribution in [1.29, 1.82) is 0 Å². The number of hydrogen-bond donors (Lipinski definition) is 2. The number of aryl methyl sites for hydroxylation is 1. The molecular formula is C14H19ClN2O. The third-order valence-electron chi connectivity index (χ3n) is 3.52. The maximum atomic E-state index is 12.3. The summed E-state index contributed by atoms with van der Waals surface area (Å²) in [6.45, 7) is 5.69. The van der Waals surface area contributed by atoms with Gasteiger partial charge in [0.15, 0.2) is 0 Å². The number of amides is 1. The molecule has 0 bridgehead atoms.